The summed E-state index contributed by atoms with van der Waals surface area (Å²) in [6.07, 6.45) is 0.507. The van der Waals surface area contributed by atoms with Gasteiger partial charge in [0.2, 0.25) is 0 Å². The first-order valence-electron chi connectivity index (χ1n) is 5.14. The van der Waals surface area contributed by atoms with Crippen molar-refractivity contribution in [3.8, 4) is 5.75 Å². The summed E-state index contributed by atoms with van der Waals surface area (Å²) in [7, 11) is 1.85. The Hall–Kier alpha value is -1.06. The third kappa shape index (κ3) is 2.54. The van der Waals surface area contributed by atoms with Gasteiger partial charge in [0.05, 0.1) is 5.56 Å². The molecule has 0 spiro atoms. The summed E-state index contributed by atoms with van der Waals surface area (Å²) in [6.45, 7) is 2.53. The van der Waals surface area contributed by atoms with E-state index in [-0.39, 0.29) is 24.2 Å². The van der Waals surface area contributed by atoms with E-state index in [1.807, 2.05) is 32.2 Å². The Morgan fingerprint density at radius 1 is 1.44 bits per heavy atom. The summed E-state index contributed by atoms with van der Waals surface area (Å²) in [4.78, 5) is 11.9. The molecule has 1 unspecified atom stereocenters. The van der Waals surface area contributed by atoms with Gasteiger partial charge in [-0.05, 0) is 26.1 Å². The molecule has 0 saturated heterocycles. The van der Waals surface area contributed by atoms with E-state index in [9.17, 15) is 4.79 Å². The molecule has 0 amide bonds. The predicted octanol–water partition coefficient (Wildman–Crippen LogP) is 1.97. The lowest BCUT2D eigenvalue weighted by molar-refractivity contribution is 0.0972. The highest BCUT2D eigenvalue weighted by atomic mass is 35.5. The largest absolute Gasteiger partial charge is 0.491 e. The highest BCUT2D eigenvalue weighted by Crippen LogP contribution is 2.24. The standard InChI is InChI=1S/C12H15NO2.ClH/c1-8-3-4-12-10(5-8)11(14)6-9(13-2)7-15-12;/h3-5,9,13H,6-7H2,1-2H3;1H. The number of nitrogens with one attached hydrogen (secondary N) is 1. The van der Waals surface area contributed by atoms with E-state index < -0.39 is 0 Å². The maximum absolute atomic E-state index is 11.9. The van der Waals surface area contributed by atoms with Crippen molar-refractivity contribution in [2.45, 2.75) is 19.4 Å². The molecular weight excluding hydrogens is 226 g/mol. The first-order chi connectivity index (χ1) is 7.20. The van der Waals surface area contributed by atoms with E-state index in [0.717, 1.165) is 5.56 Å². The molecule has 1 heterocycles. The number of ketones is 1. The number of ether oxygens (including phenoxy) is 1. The molecule has 2 rings (SSSR count). The van der Waals surface area contributed by atoms with Crippen LogP contribution < -0.4 is 10.1 Å². The van der Waals surface area contributed by atoms with Gasteiger partial charge in [0.25, 0.3) is 0 Å². The number of carbonyl (C=O) groups is 1. The van der Waals surface area contributed by atoms with Crippen LogP contribution in [0.1, 0.15) is 22.3 Å². The Balaban J connectivity index is 0.00000128. The van der Waals surface area contributed by atoms with Gasteiger partial charge in [-0.25, -0.2) is 0 Å². The summed E-state index contributed by atoms with van der Waals surface area (Å²) < 4.78 is 5.59. The third-order valence-electron chi connectivity index (χ3n) is 2.72. The van der Waals surface area contributed by atoms with Crippen LogP contribution in [-0.2, 0) is 0 Å². The molecule has 4 heteroatoms. The molecule has 1 aromatic rings. The number of rotatable bonds is 1. The Morgan fingerprint density at radius 2 is 2.19 bits per heavy atom. The van der Waals surface area contributed by atoms with Crippen molar-refractivity contribution in [2.24, 2.45) is 0 Å². The van der Waals surface area contributed by atoms with Gasteiger partial charge >= 0.3 is 0 Å². The quantitative estimate of drug-likeness (QED) is 0.817. The van der Waals surface area contributed by atoms with Crippen LogP contribution in [0.5, 0.6) is 5.75 Å². The number of likely N-dealkylation sites (N-methyl/N-ethyl adjacent to an activating group) is 1. The van der Waals surface area contributed by atoms with E-state index in [1.165, 1.54) is 0 Å². The maximum atomic E-state index is 11.9. The van der Waals surface area contributed by atoms with Gasteiger partial charge in [-0.3, -0.25) is 4.79 Å². The average Bonchev–Trinajstić information content (AvgIpc) is 2.39. The predicted molar refractivity (Wildman–Crippen MR) is 65.7 cm³/mol. The lowest BCUT2D eigenvalue weighted by Gasteiger charge is -2.11. The smallest absolute Gasteiger partial charge is 0.168 e. The van der Waals surface area contributed by atoms with E-state index in [2.05, 4.69) is 5.32 Å². The number of Topliss-reactive ketones (excluding diaryl/α,β-unsaturated/α-hetero) is 1. The summed E-state index contributed by atoms with van der Waals surface area (Å²) >= 11 is 0. The Kier molecular flexibility index (Phi) is 4.33. The minimum atomic E-state index is 0. The highest BCUT2D eigenvalue weighted by Gasteiger charge is 2.22. The van der Waals surface area contributed by atoms with Gasteiger partial charge in [-0.2, -0.15) is 0 Å². The van der Waals surface area contributed by atoms with Crippen LogP contribution in [-0.4, -0.2) is 25.5 Å². The van der Waals surface area contributed by atoms with E-state index in [1.54, 1.807) is 0 Å². The minimum absolute atomic E-state index is 0. The second-order valence-electron chi connectivity index (χ2n) is 3.92. The number of aryl methyl sites for hydroxylation is 1. The molecule has 88 valence electrons. The van der Waals surface area contributed by atoms with Crippen molar-refractivity contribution in [2.75, 3.05) is 13.7 Å². The fraction of sp³-hybridized carbons (Fsp3) is 0.417. The zero-order valence-corrected chi connectivity index (χ0v) is 10.3. The van der Waals surface area contributed by atoms with Gasteiger partial charge in [0.1, 0.15) is 12.4 Å². The Labute approximate surface area is 102 Å². The number of fused-ring (bicyclic) bond motifs is 1. The molecule has 16 heavy (non-hydrogen) atoms. The molecule has 0 saturated carbocycles. The number of halogens is 1. The first kappa shape index (κ1) is 13.0. The summed E-state index contributed by atoms with van der Waals surface area (Å²) in [5, 5.41) is 3.08. The van der Waals surface area contributed by atoms with Crippen LogP contribution >= 0.6 is 12.4 Å². The zero-order valence-electron chi connectivity index (χ0n) is 9.45. The molecule has 0 aromatic heterocycles. The van der Waals surface area contributed by atoms with Crippen LogP contribution in [0.2, 0.25) is 0 Å². The second kappa shape index (κ2) is 5.32. The highest BCUT2D eigenvalue weighted by molar-refractivity contribution is 5.99. The lowest BCUT2D eigenvalue weighted by Crippen LogP contribution is -2.32. The molecule has 0 bridgehead atoms. The Morgan fingerprint density at radius 3 is 2.88 bits per heavy atom. The number of hydrogen-bond donors (Lipinski definition) is 1. The zero-order chi connectivity index (χ0) is 10.8. The van der Waals surface area contributed by atoms with E-state index in [4.69, 9.17) is 4.74 Å². The van der Waals surface area contributed by atoms with Crippen LogP contribution in [0.25, 0.3) is 0 Å². The van der Waals surface area contributed by atoms with Crippen LogP contribution in [0.4, 0.5) is 0 Å². The van der Waals surface area contributed by atoms with Gasteiger partial charge in [0, 0.05) is 12.5 Å². The van der Waals surface area contributed by atoms with Crippen molar-refractivity contribution in [1.82, 2.24) is 5.32 Å². The number of benzene rings is 1. The van der Waals surface area contributed by atoms with Crippen molar-refractivity contribution in [1.29, 1.82) is 0 Å². The lowest BCUT2D eigenvalue weighted by atomic mass is 10.0. The summed E-state index contributed by atoms with van der Waals surface area (Å²) in [5.41, 5.74) is 1.81. The summed E-state index contributed by atoms with van der Waals surface area (Å²) in [5.74, 6) is 0.869. The molecule has 1 aromatic carbocycles. The molecular formula is C12H16ClNO2. The van der Waals surface area contributed by atoms with Crippen LogP contribution in [0.15, 0.2) is 18.2 Å². The van der Waals surface area contributed by atoms with E-state index in [0.29, 0.717) is 24.3 Å². The minimum Gasteiger partial charge on any atom is -0.491 e. The molecule has 1 N–H and O–H groups in total. The number of hydrogen-bond acceptors (Lipinski definition) is 3. The molecule has 0 radical (unpaired) electrons. The van der Waals surface area contributed by atoms with Crippen LogP contribution in [0, 0.1) is 6.92 Å². The van der Waals surface area contributed by atoms with E-state index >= 15 is 0 Å². The molecule has 3 nitrogen and oxygen atoms in total. The molecule has 1 atom stereocenters. The molecule has 0 aliphatic carbocycles. The average molecular weight is 242 g/mol. The Bertz CT molecular complexity index is 393. The normalized spacial score (nSPS) is 19.1. The second-order valence-corrected chi connectivity index (χ2v) is 3.92. The third-order valence-corrected chi connectivity index (χ3v) is 2.72. The molecule has 1 aliphatic rings. The maximum Gasteiger partial charge on any atom is 0.168 e. The SMILES string of the molecule is CNC1COc2ccc(C)cc2C(=O)C1.Cl. The first-order valence-corrected chi connectivity index (χ1v) is 5.14. The molecule has 0 fully saturated rings. The van der Waals surface area contributed by atoms with Crippen LogP contribution in [0.3, 0.4) is 0 Å². The van der Waals surface area contributed by atoms with Crippen molar-refractivity contribution in [3.05, 3.63) is 29.3 Å². The topological polar surface area (TPSA) is 38.3 Å². The monoisotopic (exact) mass is 241 g/mol. The van der Waals surface area contributed by atoms with Crippen molar-refractivity contribution in [3.63, 3.8) is 0 Å². The van der Waals surface area contributed by atoms with Gasteiger partial charge in [-0.1, -0.05) is 11.6 Å². The van der Waals surface area contributed by atoms with Gasteiger partial charge < -0.3 is 10.1 Å². The van der Waals surface area contributed by atoms with Crippen molar-refractivity contribution < 1.29 is 9.53 Å². The van der Waals surface area contributed by atoms with Gasteiger partial charge in [0.15, 0.2) is 5.78 Å². The molecule has 1 aliphatic heterocycles. The summed E-state index contributed by atoms with van der Waals surface area (Å²) in [6, 6.07) is 5.85. The van der Waals surface area contributed by atoms with Gasteiger partial charge in [-0.15, -0.1) is 12.4 Å². The fourth-order valence-electron chi connectivity index (χ4n) is 1.76. The fourth-order valence-corrected chi connectivity index (χ4v) is 1.76. The number of carbonyl (C=O) groups excluding carboxylic acids is 1. The van der Waals surface area contributed by atoms with Crippen molar-refractivity contribution >= 4 is 18.2 Å².